The number of carbonyl (C=O) groups is 1. The molecule has 1 aromatic carbocycles. The molecule has 6 nitrogen and oxygen atoms in total. The van der Waals surface area contributed by atoms with Crippen molar-refractivity contribution in [2.75, 3.05) is 18.5 Å². The summed E-state index contributed by atoms with van der Waals surface area (Å²) in [4.78, 5) is 17.9. The highest BCUT2D eigenvalue weighted by atomic mass is 35.5. The number of carboxylic acids is 1. The summed E-state index contributed by atoms with van der Waals surface area (Å²) in [5, 5.41) is 14.8. The first-order chi connectivity index (χ1) is 11.4. The van der Waals surface area contributed by atoms with Crippen molar-refractivity contribution in [2.24, 2.45) is 0 Å². The molecule has 0 spiro atoms. The van der Waals surface area contributed by atoms with Gasteiger partial charge in [-0.1, -0.05) is 22.9 Å². The fraction of sp³-hybridized carbons (Fsp3) is 0.312. The number of nitrogens with zero attached hydrogens (tertiary/aromatic N) is 4. The lowest BCUT2D eigenvalue weighted by atomic mass is 10.2. The van der Waals surface area contributed by atoms with Crippen molar-refractivity contribution in [3.63, 3.8) is 0 Å². The molecule has 0 unspecified atom stereocenters. The highest BCUT2D eigenvalue weighted by Crippen LogP contribution is 2.33. The van der Waals surface area contributed by atoms with E-state index in [1.807, 2.05) is 26.1 Å². The fourth-order valence-electron chi connectivity index (χ4n) is 2.40. The zero-order valence-corrected chi connectivity index (χ0v) is 15.1. The van der Waals surface area contributed by atoms with Crippen LogP contribution < -0.4 is 4.90 Å². The Kier molecular flexibility index (Phi) is 4.47. The summed E-state index contributed by atoms with van der Waals surface area (Å²) >= 11 is 7.84. The Balaban J connectivity index is 2.05. The van der Waals surface area contributed by atoms with Gasteiger partial charge in [-0.15, -0.1) is 0 Å². The fourth-order valence-corrected chi connectivity index (χ4v) is 3.79. The second-order valence-electron chi connectivity index (χ2n) is 5.56. The average molecular weight is 365 g/mol. The van der Waals surface area contributed by atoms with Crippen molar-refractivity contribution in [2.45, 2.75) is 20.4 Å². The Bertz CT molecular complexity index is 918. The average Bonchev–Trinajstić information content (AvgIpc) is 3.11. The Morgan fingerprint density at radius 1 is 1.42 bits per heavy atom. The van der Waals surface area contributed by atoms with Crippen molar-refractivity contribution >= 4 is 44.3 Å². The minimum absolute atomic E-state index is 0.0375. The van der Waals surface area contributed by atoms with Gasteiger partial charge in [-0.05, 0) is 32.0 Å². The molecule has 0 aliphatic heterocycles. The third-order valence-corrected chi connectivity index (χ3v) is 5.18. The first kappa shape index (κ1) is 16.7. The van der Waals surface area contributed by atoms with Crippen LogP contribution in [0.5, 0.6) is 0 Å². The highest BCUT2D eigenvalue weighted by Gasteiger charge is 2.15. The van der Waals surface area contributed by atoms with Gasteiger partial charge < -0.3 is 10.0 Å². The molecule has 2 aromatic heterocycles. The molecule has 0 radical (unpaired) electrons. The second kappa shape index (κ2) is 6.41. The largest absolute Gasteiger partial charge is 0.476 e. The van der Waals surface area contributed by atoms with E-state index in [0.29, 0.717) is 11.6 Å². The molecule has 0 saturated heterocycles. The van der Waals surface area contributed by atoms with E-state index < -0.39 is 5.97 Å². The van der Waals surface area contributed by atoms with Crippen molar-refractivity contribution < 1.29 is 9.90 Å². The third kappa shape index (κ3) is 3.09. The molecule has 8 heteroatoms. The normalized spacial score (nSPS) is 11.2. The number of thiazole rings is 1. The van der Waals surface area contributed by atoms with Crippen LogP contribution >= 0.6 is 22.9 Å². The van der Waals surface area contributed by atoms with Crippen LogP contribution in [0.25, 0.3) is 10.2 Å². The molecule has 3 rings (SSSR count). The first-order valence-electron chi connectivity index (χ1n) is 7.47. The standard InChI is InChI=1S/C16H17ClN4O2S/c1-4-20(3)16-18-14-10(6-11(17)7-13(14)24-16)8-21-9(2)5-12(19-21)15(22)23/h5-7H,4,8H2,1-3H3,(H,22,23). The van der Waals surface area contributed by atoms with E-state index in [1.165, 1.54) is 0 Å². The molecule has 0 aliphatic carbocycles. The minimum atomic E-state index is -1.03. The van der Waals surface area contributed by atoms with E-state index in [-0.39, 0.29) is 5.69 Å². The van der Waals surface area contributed by atoms with Crippen molar-refractivity contribution in [1.82, 2.24) is 14.8 Å². The summed E-state index contributed by atoms with van der Waals surface area (Å²) in [6, 6.07) is 5.33. The van der Waals surface area contributed by atoms with E-state index in [0.717, 1.165) is 33.2 Å². The Labute approximate surface area is 148 Å². The molecule has 0 atom stereocenters. The summed E-state index contributed by atoms with van der Waals surface area (Å²) < 4.78 is 2.67. The molecule has 0 amide bonds. The molecule has 0 saturated carbocycles. The molecule has 0 bridgehead atoms. The molecule has 126 valence electrons. The summed E-state index contributed by atoms with van der Waals surface area (Å²) in [5.41, 5.74) is 2.62. The van der Waals surface area contributed by atoms with Crippen LogP contribution in [0.3, 0.4) is 0 Å². The van der Waals surface area contributed by atoms with E-state index in [4.69, 9.17) is 21.7 Å². The van der Waals surface area contributed by atoms with Gasteiger partial charge in [0.1, 0.15) is 0 Å². The zero-order chi connectivity index (χ0) is 17.4. The van der Waals surface area contributed by atoms with Gasteiger partial charge in [0.15, 0.2) is 10.8 Å². The Hall–Kier alpha value is -2.12. The van der Waals surface area contributed by atoms with Crippen LogP contribution in [0.15, 0.2) is 18.2 Å². The first-order valence-corrected chi connectivity index (χ1v) is 8.66. The zero-order valence-electron chi connectivity index (χ0n) is 13.6. The second-order valence-corrected chi connectivity index (χ2v) is 7.00. The number of carboxylic acid groups (broad SMARTS) is 1. The number of aromatic carboxylic acids is 1. The lowest BCUT2D eigenvalue weighted by Gasteiger charge is -2.11. The number of rotatable bonds is 5. The van der Waals surface area contributed by atoms with Crippen LogP contribution in [-0.4, -0.2) is 39.4 Å². The van der Waals surface area contributed by atoms with Crippen LogP contribution in [0.1, 0.15) is 28.7 Å². The van der Waals surface area contributed by atoms with E-state index in [2.05, 4.69) is 16.9 Å². The van der Waals surface area contributed by atoms with Gasteiger partial charge in [0, 0.05) is 29.9 Å². The highest BCUT2D eigenvalue weighted by molar-refractivity contribution is 7.22. The van der Waals surface area contributed by atoms with Gasteiger partial charge >= 0.3 is 5.97 Å². The number of benzene rings is 1. The van der Waals surface area contributed by atoms with Gasteiger partial charge in [-0.2, -0.15) is 5.10 Å². The summed E-state index contributed by atoms with van der Waals surface area (Å²) in [6.07, 6.45) is 0. The minimum Gasteiger partial charge on any atom is -0.476 e. The molecule has 0 fully saturated rings. The lowest BCUT2D eigenvalue weighted by Crippen LogP contribution is -2.15. The van der Waals surface area contributed by atoms with Crippen molar-refractivity contribution in [3.05, 3.63) is 40.2 Å². The monoisotopic (exact) mass is 364 g/mol. The van der Waals surface area contributed by atoms with Gasteiger partial charge in [0.2, 0.25) is 0 Å². The van der Waals surface area contributed by atoms with Crippen LogP contribution in [0.2, 0.25) is 5.02 Å². The summed E-state index contributed by atoms with van der Waals surface area (Å²) in [7, 11) is 2.00. The topological polar surface area (TPSA) is 71.2 Å². The molecule has 2 heterocycles. The van der Waals surface area contributed by atoms with E-state index in [9.17, 15) is 4.79 Å². The molecular formula is C16H17ClN4O2S. The van der Waals surface area contributed by atoms with Crippen molar-refractivity contribution in [1.29, 1.82) is 0 Å². The SMILES string of the molecule is CCN(C)c1nc2c(Cn3nc(C(=O)O)cc3C)cc(Cl)cc2s1. The van der Waals surface area contributed by atoms with Crippen LogP contribution in [-0.2, 0) is 6.54 Å². The maximum Gasteiger partial charge on any atom is 0.356 e. The molecule has 1 N–H and O–H groups in total. The molecule has 3 aromatic rings. The van der Waals surface area contributed by atoms with E-state index in [1.54, 1.807) is 22.1 Å². The number of aryl methyl sites for hydroxylation is 1. The number of aromatic nitrogens is 3. The number of hydrogen-bond acceptors (Lipinski definition) is 5. The molecular weight excluding hydrogens is 348 g/mol. The van der Waals surface area contributed by atoms with Crippen LogP contribution in [0.4, 0.5) is 5.13 Å². The summed E-state index contributed by atoms with van der Waals surface area (Å²) in [6.45, 7) is 5.19. The predicted molar refractivity (Wildman–Crippen MR) is 96.6 cm³/mol. The number of halogens is 1. The smallest absolute Gasteiger partial charge is 0.356 e. The Morgan fingerprint density at radius 3 is 2.79 bits per heavy atom. The van der Waals surface area contributed by atoms with Crippen molar-refractivity contribution in [3.8, 4) is 0 Å². The quantitative estimate of drug-likeness (QED) is 0.748. The molecule has 24 heavy (non-hydrogen) atoms. The Morgan fingerprint density at radius 2 is 2.17 bits per heavy atom. The maximum atomic E-state index is 11.1. The predicted octanol–water partition coefficient (Wildman–Crippen LogP) is 3.66. The molecule has 0 aliphatic rings. The summed E-state index contributed by atoms with van der Waals surface area (Å²) in [5.74, 6) is -1.03. The maximum absolute atomic E-state index is 11.1. The van der Waals surface area contributed by atoms with Crippen LogP contribution in [0, 0.1) is 6.92 Å². The van der Waals surface area contributed by atoms with Gasteiger partial charge in [-0.3, -0.25) is 4.68 Å². The van der Waals surface area contributed by atoms with Gasteiger partial charge in [-0.25, -0.2) is 9.78 Å². The number of anilines is 1. The number of hydrogen-bond donors (Lipinski definition) is 1. The van der Waals surface area contributed by atoms with E-state index >= 15 is 0 Å². The third-order valence-electron chi connectivity index (χ3n) is 3.85. The number of fused-ring (bicyclic) bond motifs is 1. The van der Waals surface area contributed by atoms with Gasteiger partial charge in [0.25, 0.3) is 0 Å². The lowest BCUT2D eigenvalue weighted by molar-refractivity contribution is 0.0689. The van der Waals surface area contributed by atoms with Gasteiger partial charge in [0.05, 0.1) is 16.8 Å².